The minimum atomic E-state index is -3.85. The van der Waals surface area contributed by atoms with Crippen LogP contribution >= 0.6 is 0 Å². The summed E-state index contributed by atoms with van der Waals surface area (Å²) in [5, 5.41) is 11.1. The van der Waals surface area contributed by atoms with E-state index in [9.17, 15) is 18.4 Å². The van der Waals surface area contributed by atoms with Gasteiger partial charge in [-0.2, -0.15) is 0 Å². The van der Waals surface area contributed by atoms with Crippen LogP contribution in [0.5, 0.6) is 5.75 Å². The maximum atomic E-state index is 13.5. The van der Waals surface area contributed by atoms with Crippen molar-refractivity contribution < 1.29 is 27.9 Å². The molecule has 1 aliphatic heterocycles. The number of pyridine rings is 1. The molecule has 0 atom stereocenters. The lowest BCUT2D eigenvalue weighted by Crippen LogP contribution is -2.51. The number of hydrogen-bond acceptors (Lipinski definition) is 7. The highest BCUT2D eigenvalue weighted by atomic mass is 32.2. The maximum absolute atomic E-state index is 13.5. The van der Waals surface area contributed by atoms with E-state index in [4.69, 9.17) is 9.47 Å². The number of sulfone groups is 1. The molecule has 0 saturated carbocycles. The molecule has 174 valence electrons. The Balaban J connectivity index is 1.55. The van der Waals surface area contributed by atoms with Crippen LogP contribution in [0.4, 0.5) is 0 Å². The van der Waals surface area contributed by atoms with Crippen molar-refractivity contribution in [2.24, 2.45) is 0 Å². The molecule has 0 aliphatic carbocycles. The van der Waals surface area contributed by atoms with E-state index in [1.165, 1.54) is 12.1 Å². The zero-order valence-electron chi connectivity index (χ0n) is 18.3. The van der Waals surface area contributed by atoms with Gasteiger partial charge in [0.25, 0.3) is 0 Å². The third-order valence-electron chi connectivity index (χ3n) is 6.00. The Morgan fingerprint density at radius 1 is 1.15 bits per heavy atom. The van der Waals surface area contributed by atoms with Crippen LogP contribution in [0.25, 0.3) is 10.9 Å². The number of nitrogens with zero attached hydrogens (tertiary/aromatic N) is 2. The zero-order chi connectivity index (χ0) is 23.5. The molecule has 1 saturated heterocycles. The standard InChI is InChI=1S/C24H26N2O6S/c1-18-14-19(22-4-2-3-5-23(22)25-18)15-32-20-6-8-21(9-7-20)33(29,30)24(16-26(28)17-27)10-12-31-13-11-24/h2-9,14,17,28H,10-13,15-16H2,1H3. The molecule has 3 aromatic rings. The molecule has 1 N–H and O–H groups in total. The van der Waals surface area contributed by atoms with Crippen LogP contribution in [0.15, 0.2) is 59.5 Å². The normalized spacial score (nSPS) is 15.8. The highest BCUT2D eigenvalue weighted by Crippen LogP contribution is 2.36. The predicted octanol–water partition coefficient (Wildman–Crippen LogP) is 3.29. The van der Waals surface area contributed by atoms with Crippen LogP contribution in [0.3, 0.4) is 0 Å². The van der Waals surface area contributed by atoms with Crippen molar-refractivity contribution in [3.63, 3.8) is 0 Å². The lowest BCUT2D eigenvalue weighted by atomic mass is 9.99. The van der Waals surface area contributed by atoms with Gasteiger partial charge in [-0.3, -0.25) is 15.0 Å². The monoisotopic (exact) mass is 470 g/mol. The van der Waals surface area contributed by atoms with Crippen LogP contribution in [0.1, 0.15) is 24.1 Å². The summed E-state index contributed by atoms with van der Waals surface area (Å²) in [5.41, 5.74) is 2.78. The van der Waals surface area contributed by atoms with E-state index in [1.54, 1.807) is 12.1 Å². The molecular weight excluding hydrogens is 444 g/mol. The Morgan fingerprint density at radius 3 is 2.55 bits per heavy atom. The highest BCUT2D eigenvalue weighted by Gasteiger charge is 2.47. The molecule has 0 radical (unpaired) electrons. The molecule has 8 nitrogen and oxygen atoms in total. The summed E-state index contributed by atoms with van der Waals surface area (Å²) in [7, 11) is -3.85. The van der Waals surface area contributed by atoms with Crippen LogP contribution < -0.4 is 4.74 Å². The van der Waals surface area contributed by atoms with Crippen molar-refractivity contribution in [1.29, 1.82) is 0 Å². The van der Waals surface area contributed by atoms with Crippen LogP contribution in [-0.4, -0.2) is 54.6 Å². The summed E-state index contributed by atoms with van der Waals surface area (Å²) in [5.74, 6) is 0.533. The number of hydrogen-bond donors (Lipinski definition) is 1. The smallest absolute Gasteiger partial charge is 0.233 e. The van der Waals surface area contributed by atoms with Crippen molar-refractivity contribution >= 4 is 27.2 Å². The third-order valence-corrected chi connectivity index (χ3v) is 8.57. The van der Waals surface area contributed by atoms with Gasteiger partial charge >= 0.3 is 0 Å². The summed E-state index contributed by atoms with van der Waals surface area (Å²) >= 11 is 0. The van der Waals surface area contributed by atoms with E-state index in [1.807, 2.05) is 37.3 Å². The SMILES string of the molecule is Cc1cc(COc2ccc(S(=O)(=O)C3(CN(O)C=O)CCOCC3)cc2)c2ccccc2n1. The molecule has 1 aromatic heterocycles. The summed E-state index contributed by atoms with van der Waals surface area (Å²) < 4.78 is 36.9. The third kappa shape index (κ3) is 4.71. The molecule has 2 heterocycles. The van der Waals surface area contributed by atoms with Gasteiger partial charge in [0.2, 0.25) is 6.41 Å². The molecule has 0 bridgehead atoms. The van der Waals surface area contributed by atoms with Crippen molar-refractivity contribution in [2.45, 2.75) is 36.0 Å². The lowest BCUT2D eigenvalue weighted by molar-refractivity contribution is -0.152. The second kappa shape index (κ2) is 9.46. The summed E-state index contributed by atoms with van der Waals surface area (Å²) in [6.45, 7) is 2.42. The number of aromatic nitrogens is 1. The fraction of sp³-hybridized carbons (Fsp3) is 0.333. The second-order valence-corrected chi connectivity index (χ2v) is 10.5. The Bertz CT molecular complexity index is 1240. The van der Waals surface area contributed by atoms with E-state index in [2.05, 4.69) is 4.98 Å². The first-order valence-corrected chi connectivity index (χ1v) is 12.1. The number of aryl methyl sites for hydroxylation is 1. The second-order valence-electron chi connectivity index (χ2n) is 8.20. The summed E-state index contributed by atoms with van der Waals surface area (Å²) in [6.07, 6.45) is 0.591. The van der Waals surface area contributed by atoms with Crippen LogP contribution in [0, 0.1) is 6.92 Å². The van der Waals surface area contributed by atoms with Gasteiger partial charge in [-0.25, -0.2) is 13.5 Å². The van der Waals surface area contributed by atoms with Gasteiger partial charge in [-0.1, -0.05) is 18.2 Å². The van der Waals surface area contributed by atoms with Crippen molar-refractivity contribution in [1.82, 2.24) is 10.0 Å². The summed E-state index contributed by atoms with van der Waals surface area (Å²) in [6, 6.07) is 16.0. The summed E-state index contributed by atoms with van der Waals surface area (Å²) in [4.78, 5) is 15.6. The maximum Gasteiger partial charge on any atom is 0.233 e. The molecule has 0 spiro atoms. The number of rotatable bonds is 8. The van der Waals surface area contributed by atoms with Gasteiger partial charge in [0.15, 0.2) is 9.84 Å². The van der Waals surface area contributed by atoms with E-state index in [0.29, 0.717) is 17.4 Å². The number of hydroxylamine groups is 2. The van der Waals surface area contributed by atoms with Gasteiger partial charge in [0.05, 0.1) is 17.0 Å². The molecule has 2 aromatic carbocycles. The van der Waals surface area contributed by atoms with Gasteiger partial charge in [0.1, 0.15) is 17.1 Å². The van der Waals surface area contributed by atoms with Crippen molar-refractivity contribution in [3.05, 3.63) is 65.9 Å². The molecule has 1 fully saturated rings. The first-order valence-electron chi connectivity index (χ1n) is 10.7. The van der Waals surface area contributed by atoms with Crippen molar-refractivity contribution in [2.75, 3.05) is 19.8 Å². The van der Waals surface area contributed by atoms with Gasteiger partial charge in [0, 0.05) is 29.9 Å². The molecule has 1 amide bonds. The molecule has 4 rings (SSSR count). The number of ether oxygens (including phenoxy) is 2. The predicted molar refractivity (Wildman–Crippen MR) is 122 cm³/mol. The minimum absolute atomic E-state index is 0.112. The molecule has 0 unspecified atom stereocenters. The largest absolute Gasteiger partial charge is 0.489 e. The first-order chi connectivity index (χ1) is 15.8. The molecule has 1 aliphatic rings. The number of amides is 1. The number of carbonyl (C=O) groups is 1. The number of carbonyl (C=O) groups excluding carboxylic acids is 1. The molecule has 33 heavy (non-hydrogen) atoms. The van der Waals surface area contributed by atoms with Crippen molar-refractivity contribution in [3.8, 4) is 5.75 Å². The topological polar surface area (TPSA) is 106 Å². The quantitative estimate of drug-likeness (QED) is 0.306. The Hall–Kier alpha value is -3.01. The molecular formula is C24H26N2O6S. The fourth-order valence-electron chi connectivity index (χ4n) is 4.23. The fourth-order valence-corrected chi connectivity index (χ4v) is 6.23. The lowest BCUT2D eigenvalue weighted by Gasteiger charge is -2.37. The van der Waals surface area contributed by atoms with E-state index in [-0.39, 0.29) is 43.9 Å². The number of fused-ring (bicyclic) bond motifs is 1. The van der Waals surface area contributed by atoms with Crippen LogP contribution in [0.2, 0.25) is 0 Å². The average molecular weight is 471 g/mol. The minimum Gasteiger partial charge on any atom is -0.489 e. The number of para-hydroxylation sites is 1. The zero-order valence-corrected chi connectivity index (χ0v) is 19.1. The Morgan fingerprint density at radius 2 is 1.85 bits per heavy atom. The Kier molecular flexibility index (Phi) is 6.64. The highest BCUT2D eigenvalue weighted by molar-refractivity contribution is 7.92. The van der Waals surface area contributed by atoms with Crippen LogP contribution in [-0.2, 0) is 26.0 Å². The Labute approximate surface area is 192 Å². The van der Waals surface area contributed by atoms with Gasteiger partial charge in [-0.05, 0) is 56.2 Å². The van der Waals surface area contributed by atoms with E-state index >= 15 is 0 Å². The van der Waals surface area contributed by atoms with Gasteiger partial charge in [-0.15, -0.1) is 0 Å². The number of benzene rings is 2. The average Bonchev–Trinajstić information content (AvgIpc) is 2.83. The van der Waals surface area contributed by atoms with Gasteiger partial charge < -0.3 is 9.47 Å². The first kappa shape index (κ1) is 23.2. The molecule has 9 heteroatoms. The van der Waals surface area contributed by atoms with E-state index < -0.39 is 14.6 Å². The van der Waals surface area contributed by atoms with E-state index in [0.717, 1.165) is 22.2 Å².